The number of carbonyl (C=O) groups excluding carboxylic acids is 1. The van der Waals surface area contributed by atoms with Crippen molar-refractivity contribution in [1.82, 2.24) is 0 Å². The van der Waals surface area contributed by atoms with Gasteiger partial charge in [0.05, 0.1) is 12.8 Å². The number of hydrogen-bond donors (Lipinski definition) is 1. The molecule has 5 heteroatoms. The lowest BCUT2D eigenvalue weighted by Crippen LogP contribution is -2.12. The standard InChI is InChI=1S/C25H40O4S/c1-2-3-4-5-6-7-8-9-10-14-17-23(22-15-12-11-13-16-22)29-25(28)19-21-30-20-18-24(26)27/h11-13,15-16,23H,2-10,14,17-21H2,1H3,(H,26,27). The molecule has 0 saturated heterocycles. The van der Waals surface area contributed by atoms with Crippen molar-refractivity contribution in [2.75, 3.05) is 11.5 Å². The summed E-state index contributed by atoms with van der Waals surface area (Å²) in [4.78, 5) is 22.8. The fraction of sp³-hybridized carbons (Fsp3) is 0.680. The number of carbonyl (C=O) groups is 2. The average Bonchev–Trinajstić information content (AvgIpc) is 2.74. The normalized spacial score (nSPS) is 11.9. The summed E-state index contributed by atoms with van der Waals surface area (Å²) >= 11 is 1.49. The summed E-state index contributed by atoms with van der Waals surface area (Å²) in [6.07, 6.45) is 14.0. The highest BCUT2D eigenvalue weighted by Crippen LogP contribution is 2.25. The number of ether oxygens (including phenoxy) is 1. The molecule has 1 unspecified atom stereocenters. The van der Waals surface area contributed by atoms with E-state index in [1.165, 1.54) is 69.5 Å². The van der Waals surface area contributed by atoms with Crippen molar-refractivity contribution in [1.29, 1.82) is 0 Å². The summed E-state index contributed by atoms with van der Waals surface area (Å²) in [5.74, 6) is 0.138. The van der Waals surface area contributed by atoms with E-state index in [4.69, 9.17) is 9.84 Å². The molecule has 30 heavy (non-hydrogen) atoms. The van der Waals surface area contributed by atoms with Crippen LogP contribution in [0.15, 0.2) is 30.3 Å². The van der Waals surface area contributed by atoms with Gasteiger partial charge in [-0.3, -0.25) is 9.59 Å². The Balaban J connectivity index is 2.25. The van der Waals surface area contributed by atoms with Crippen LogP contribution in [-0.2, 0) is 14.3 Å². The highest BCUT2D eigenvalue weighted by Gasteiger charge is 2.16. The van der Waals surface area contributed by atoms with Crippen molar-refractivity contribution >= 4 is 23.7 Å². The van der Waals surface area contributed by atoms with Gasteiger partial charge in [0, 0.05) is 11.5 Å². The highest BCUT2D eigenvalue weighted by molar-refractivity contribution is 7.99. The van der Waals surface area contributed by atoms with Crippen LogP contribution in [0.4, 0.5) is 0 Å². The molecule has 1 atom stereocenters. The zero-order valence-corrected chi connectivity index (χ0v) is 19.5. The SMILES string of the molecule is CCCCCCCCCCCCC(OC(=O)CCSCCC(=O)O)c1ccccc1. The van der Waals surface area contributed by atoms with Gasteiger partial charge in [0.2, 0.25) is 0 Å². The number of aliphatic carboxylic acids is 1. The van der Waals surface area contributed by atoms with E-state index in [2.05, 4.69) is 6.92 Å². The molecule has 0 aliphatic carbocycles. The van der Waals surface area contributed by atoms with Crippen molar-refractivity contribution < 1.29 is 19.4 Å². The average molecular weight is 437 g/mol. The lowest BCUT2D eigenvalue weighted by molar-refractivity contribution is -0.149. The van der Waals surface area contributed by atoms with Gasteiger partial charge in [0.25, 0.3) is 0 Å². The van der Waals surface area contributed by atoms with Gasteiger partial charge >= 0.3 is 11.9 Å². The lowest BCUT2D eigenvalue weighted by Gasteiger charge is -2.18. The molecule has 0 aromatic heterocycles. The molecule has 1 rings (SSSR count). The molecule has 1 aromatic rings. The number of unbranched alkanes of at least 4 members (excludes halogenated alkanes) is 9. The minimum atomic E-state index is -0.800. The second kappa shape index (κ2) is 18.3. The first-order valence-corrected chi connectivity index (χ1v) is 12.8. The molecular formula is C25H40O4S. The molecule has 0 heterocycles. The molecular weight excluding hydrogens is 396 g/mol. The van der Waals surface area contributed by atoms with Crippen molar-refractivity contribution in [3.63, 3.8) is 0 Å². The van der Waals surface area contributed by atoms with Crippen LogP contribution in [-0.4, -0.2) is 28.6 Å². The van der Waals surface area contributed by atoms with Crippen molar-refractivity contribution in [2.24, 2.45) is 0 Å². The number of carboxylic acid groups (broad SMARTS) is 1. The van der Waals surface area contributed by atoms with E-state index in [0.717, 1.165) is 18.4 Å². The van der Waals surface area contributed by atoms with Gasteiger partial charge in [-0.15, -0.1) is 0 Å². The Hall–Kier alpha value is -1.49. The molecule has 0 aliphatic heterocycles. The number of carboxylic acids is 1. The predicted molar refractivity (Wildman–Crippen MR) is 126 cm³/mol. The first-order chi connectivity index (χ1) is 14.6. The highest BCUT2D eigenvalue weighted by atomic mass is 32.2. The molecule has 0 spiro atoms. The van der Waals surface area contributed by atoms with Crippen LogP contribution in [0.25, 0.3) is 0 Å². The maximum Gasteiger partial charge on any atom is 0.307 e. The van der Waals surface area contributed by atoms with E-state index in [1.54, 1.807) is 0 Å². The Morgan fingerprint density at radius 2 is 1.43 bits per heavy atom. The number of benzene rings is 1. The largest absolute Gasteiger partial charge is 0.481 e. The van der Waals surface area contributed by atoms with Crippen LogP contribution in [0.2, 0.25) is 0 Å². The van der Waals surface area contributed by atoms with Crippen LogP contribution in [0.1, 0.15) is 102 Å². The minimum absolute atomic E-state index is 0.130. The second-order valence-corrected chi connectivity index (χ2v) is 9.09. The van der Waals surface area contributed by atoms with Crippen molar-refractivity contribution in [3.8, 4) is 0 Å². The van der Waals surface area contributed by atoms with Gasteiger partial charge in [-0.1, -0.05) is 95.0 Å². The monoisotopic (exact) mass is 436 g/mol. The van der Waals surface area contributed by atoms with Gasteiger partial charge in [-0.25, -0.2) is 0 Å². The number of thioether (sulfide) groups is 1. The van der Waals surface area contributed by atoms with Crippen LogP contribution in [0.3, 0.4) is 0 Å². The van der Waals surface area contributed by atoms with Crippen LogP contribution >= 0.6 is 11.8 Å². The molecule has 1 aromatic carbocycles. The second-order valence-electron chi connectivity index (χ2n) is 7.87. The van der Waals surface area contributed by atoms with E-state index in [0.29, 0.717) is 17.9 Å². The molecule has 0 bridgehead atoms. The zero-order valence-electron chi connectivity index (χ0n) is 18.7. The summed E-state index contributed by atoms with van der Waals surface area (Å²) in [6, 6.07) is 9.99. The number of hydrogen-bond acceptors (Lipinski definition) is 4. The summed E-state index contributed by atoms with van der Waals surface area (Å²) in [6.45, 7) is 2.25. The topological polar surface area (TPSA) is 63.6 Å². The predicted octanol–water partition coefficient (Wildman–Crippen LogP) is 7.18. The molecule has 170 valence electrons. The fourth-order valence-electron chi connectivity index (χ4n) is 3.41. The Kier molecular flexibility index (Phi) is 16.2. The van der Waals surface area contributed by atoms with Gasteiger partial charge in [-0.05, 0) is 18.4 Å². The fourth-order valence-corrected chi connectivity index (χ4v) is 4.25. The third kappa shape index (κ3) is 14.5. The number of esters is 1. The van der Waals surface area contributed by atoms with Gasteiger partial charge < -0.3 is 9.84 Å². The molecule has 0 saturated carbocycles. The van der Waals surface area contributed by atoms with E-state index in [9.17, 15) is 9.59 Å². The lowest BCUT2D eigenvalue weighted by atomic mass is 10.0. The quantitative estimate of drug-likeness (QED) is 0.184. The van der Waals surface area contributed by atoms with Crippen LogP contribution in [0, 0.1) is 0 Å². The molecule has 0 fully saturated rings. The summed E-state index contributed by atoms with van der Waals surface area (Å²) in [5, 5.41) is 8.66. The van der Waals surface area contributed by atoms with E-state index >= 15 is 0 Å². The molecule has 1 N–H and O–H groups in total. The van der Waals surface area contributed by atoms with Gasteiger partial charge in [0.1, 0.15) is 6.10 Å². The smallest absolute Gasteiger partial charge is 0.307 e. The van der Waals surface area contributed by atoms with E-state index < -0.39 is 5.97 Å². The molecule has 4 nitrogen and oxygen atoms in total. The van der Waals surface area contributed by atoms with Crippen molar-refractivity contribution in [2.45, 2.75) is 96.5 Å². The van der Waals surface area contributed by atoms with Crippen LogP contribution < -0.4 is 0 Å². The Labute approximate surface area is 187 Å². The van der Waals surface area contributed by atoms with E-state index in [1.807, 2.05) is 30.3 Å². The summed E-state index contributed by atoms with van der Waals surface area (Å²) in [7, 11) is 0. The Bertz CT molecular complexity index is 562. The van der Waals surface area contributed by atoms with Crippen molar-refractivity contribution in [3.05, 3.63) is 35.9 Å². The molecule has 0 aliphatic rings. The third-order valence-corrected chi connectivity index (χ3v) is 6.16. The first kappa shape index (κ1) is 26.5. The minimum Gasteiger partial charge on any atom is -0.481 e. The maximum atomic E-state index is 12.3. The van der Waals surface area contributed by atoms with Gasteiger partial charge in [-0.2, -0.15) is 11.8 Å². The maximum absolute atomic E-state index is 12.3. The Morgan fingerprint density at radius 1 is 0.867 bits per heavy atom. The summed E-state index contributed by atoms with van der Waals surface area (Å²) in [5.41, 5.74) is 1.06. The van der Waals surface area contributed by atoms with Gasteiger partial charge in [0.15, 0.2) is 0 Å². The zero-order chi connectivity index (χ0) is 21.9. The summed E-state index contributed by atoms with van der Waals surface area (Å²) < 4.78 is 5.78. The van der Waals surface area contributed by atoms with E-state index in [-0.39, 0.29) is 18.5 Å². The first-order valence-electron chi connectivity index (χ1n) is 11.7. The third-order valence-electron chi connectivity index (χ3n) is 5.18. The number of rotatable bonds is 19. The Morgan fingerprint density at radius 3 is 2.03 bits per heavy atom. The molecule has 0 amide bonds. The van der Waals surface area contributed by atoms with Crippen LogP contribution in [0.5, 0.6) is 0 Å². The molecule has 0 radical (unpaired) electrons.